The van der Waals surface area contributed by atoms with Gasteiger partial charge in [-0.15, -0.1) is 11.3 Å². The molecule has 2 heterocycles. The third-order valence-corrected chi connectivity index (χ3v) is 8.62. The number of nitrogens with zero attached hydrogens (tertiary/aromatic N) is 1. The van der Waals surface area contributed by atoms with E-state index in [1.807, 2.05) is 31.7 Å². The van der Waals surface area contributed by atoms with Crippen molar-refractivity contribution in [1.29, 1.82) is 0 Å². The fourth-order valence-electron chi connectivity index (χ4n) is 5.39. The number of carboxylic acids is 1. The quantitative estimate of drug-likeness (QED) is 0.333. The predicted molar refractivity (Wildman–Crippen MR) is 147 cm³/mol. The smallest absolute Gasteiger partial charge is 0.348 e. The lowest BCUT2D eigenvalue weighted by Crippen LogP contribution is -2.46. The van der Waals surface area contributed by atoms with Crippen molar-refractivity contribution in [2.45, 2.75) is 91.2 Å². The molecule has 2 atom stereocenters. The first kappa shape index (κ1) is 27.9. The molecular formula is C30H41NO5S. The summed E-state index contributed by atoms with van der Waals surface area (Å²) in [5.74, 6) is 5.78. The molecule has 0 aromatic carbocycles. The van der Waals surface area contributed by atoms with Crippen molar-refractivity contribution in [3.63, 3.8) is 0 Å². The van der Waals surface area contributed by atoms with Crippen LogP contribution in [0.25, 0.3) is 0 Å². The first-order valence-electron chi connectivity index (χ1n) is 13.7. The molecule has 0 bridgehead atoms. The number of thiophene rings is 1. The van der Waals surface area contributed by atoms with E-state index in [-0.39, 0.29) is 34.3 Å². The number of hydrogen-bond acceptors (Lipinski definition) is 5. The molecule has 6 nitrogen and oxygen atoms in total. The topological polar surface area (TPSA) is 76.1 Å². The molecule has 2 fully saturated rings. The second-order valence-electron chi connectivity index (χ2n) is 11.9. The lowest BCUT2D eigenvalue weighted by Gasteiger charge is -2.39. The van der Waals surface area contributed by atoms with Gasteiger partial charge in [-0.1, -0.05) is 23.5 Å². The fraction of sp³-hybridized carbons (Fsp3) is 0.667. The van der Waals surface area contributed by atoms with E-state index in [1.54, 1.807) is 0 Å². The maximum atomic E-state index is 14.0. The van der Waals surface area contributed by atoms with Gasteiger partial charge in [0.15, 0.2) is 0 Å². The molecule has 3 aliphatic rings. The van der Waals surface area contributed by atoms with E-state index < -0.39 is 5.97 Å². The highest BCUT2D eigenvalue weighted by Gasteiger charge is 2.37. The van der Waals surface area contributed by atoms with Crippen LogP contribution < -0.4 is 4.90 Å². The van der Waals surface area contributed by atoms with Gasteiger partial charge in [0.05, 0.1) is 23.3 Å². The maximum absolute atomic E-state index is 14.0. The molecule has 4 rings (SSSR count). The van der Waals surface area contributed by atoms with E-state index in [9.17, 15) is 14.7 Å². The Hall–Kier alpha value is -2.14. The number of carbonyl (C=O) groups is 2. The molecule has 1 aromatic rings. The molecule has 1 aromatic heterocycles. The van der Waals surface area contributed by atoms with E-state index >= 15 is 0 Å². The van der Waals surface area contributed by atoms with Crippen LogP contribution in [0.2, 0.25) is 0 Å². The van der Waals surface area contributed by atoms with Crippen molar-refractivity contribution in [2.24, 2.45) is 17.3 Å². The third-order valence-electron chi connectivity index (χ3n) is 7.59. The Morgan fingerprint density at radius 1 is 1.19 bits per heavy atom. The minimum atomic E-state index is -0.998. The van der Waals surface area contributed by atoms with Gasteiger partial charge < -0.3 is 19.5 Å². The van der Waals surface area contributed by atoms with Crippen molar-refractivity contribution in [2.75, 3.05) is 24.7 Å². The lowest BCUT2D eigenvalue weighted by molar-refractivity contribution is -0.123. The number of anilines is 1. The van der Waals surface area contributed by atoms with E-state index in [1.165, 1.54) is 16.9 Å². The van der Waals surface area contributed by atoms with Crippen molar-refractivity contribution in [3.05, 3.63) is 27.5 Å². The van der Waals surface area contributed by atoms with E-state index in [0.717, 1.165) is 64.6 Å². The zero-order valence-corrected chi connectivity index (χ0v) is 23.5. The summed E-state index contributed by atoms with van der Waals surface area (Å²) >= 11 is 1.18. The number of rotatable bonds is 7. The monoisotopic (exact) mass is 527 g/mol. The van der Waals surface area contributed by atoms with Crippen LogP contribution in [0.1, 0.15) is 93.6 Å². The summed E-state index contributed by atoms with van der Waals surface area (Å²) in [4.78, 5) is 29.1. The highest BCUT2D eigenvalue weighted by atomic mass is 32.1. The fourth-order valence-corrected chi connectivity index (χ4v) is 6.23. The molecular weight excluding hydrogens is 486 g/mol. The zero-order valence-electron chi connectivity index (χ0n) is 22.7. The molecule has 1 saturated carbocycles. The van der Waals surface area contributed by atoms with Gasteiger partial charge in [0.1, 0.15) is 4.88 Å². The Morgan fingerprint density at radius 3 is 2.54 bits per heavy atom. The summed E-state index contributed by atoms with van der Waals surface area (Å²) in [5.41, 5.74) is 1.65. The van der Waals surface area contributed by atoms with Crippen molar-refractivity contribution >= 4 is 28.9 Å². The normalized spacial score (nSPS) is 26.2. The van der Waals surface area contributed by atoms with Gasteiger partial charge in [-0.25, -0.2) is 4.79 Å². The van der Waals surface area contributed by atoms with Gasteiger partial charge in [0, 0.05) is 30.6 Å². The van der Waals surface area contributed by atoms with Crippen LogP contribution in [0.3, 0.4) is 0 Å². The lowest BCUT2D eigenvalue weighted by atomic mass is 9.83. The van der Waals surface area contributed by atoms with Gasteiger partial charge in [-0.05, 0) is 91.0 Å². The van der Waals surface area contributed by atoms with Crippen molar-refractivity contribution in [3.8, 4) is 11.8 Å². The first-order valence-corrected chi connectivity index (χ1v) is 14.5. The summed E-state index contributed by atoms with van der Waals surface area (Å²) in [6.45, 7) is 10.4. The third kappa shape index (κ3) is 7.46. The van der Waals surface area contributed by atoms with Crippen LogP contribution >= 0.6 is 11.3 Å². The summed E-state index contributed by atoms with van der Waals surface area (Å²) in [6, 6.07) is 1.82. The number of allylic oxidation sites excluding steroid dienone is 2. The van der Waals surface area contributed by atoms with Crippen molar-refractivity contribution < 1.29 is 24.2 Å². The molecule has 0 spiro atoms. The molecule has 202 valence electrons. The van der Waals surface area contributed by atoms with E-state index in [2.05, 4.69) is 24.8 Å². The Morgan fingerprint density at radius 2 is 1.95 bits per heavy atom. The summed E-state index contributed by atoms with van der Waals surface area (Å²) in [6.07, 6.45) is 9.41. The van der Waals surface area contributed by atoms with Gasteiger partial charge in [0.2, 0.25) is 5.91 Å². The van der Waals surface area contributed by atoms with Gasteiger partial charge in [0.25, 0.3) is 0 Å². The maximum Gasteiger partial charge on any atom is 0.348 e. The predicted octanol–water partition coefficient (Wildman–Crippen LogP) is 6.29. The van der Waals surface area contributed by atoms with E-state index in [4.69, 9.17) is 9.47 Å². The highest BCUT2D eigenvalue weighted by molar-refractivity contribution is 7.15. The van der Waals surface area contributed by atoms with Crippen LogP contribution in [-0.2, 0) is 14.3 Å². The Balaban J connectivity index is 1.57. The SMILES string of the molecule is CC1=CC[C@H](C(=O)N(c2cc(C#CC(C)(C)C)sc2C(=O)O)[C@H]2CC[C@H](COC3CCOC3)CC2)CC1. The molecule has 2 aliphatic carbocycles. The molecule has 1 N–H and O–H groups in total. The van der Waals surface area contributed by atoms with Crippen LogP contribution in [0.15, 0.2) is 17.7 Å². The van der Waals surface area contributed by atoms with E-state index in [0.29, 0.717) is 23.1 Å². The number of carbonyl (C=O) groups excluding carboxylic acids is 1. The number of aromatic carboxylic acids is 1. The largest absolute Gasteiger partial charge is 0.477 e. The summed E-state index contributed by atoms with van der Waals surface area (Å²) < 4.78 is 11.5. The van der Waals surface area contributed by atoms with Gasteiger partial charge >= 0.3 is 5.97 Å². The zero-order chi connectivity index (χ0) is 26.6. The van der Waals surface area contributed by atoms with Crippen LogP contribution in [0, 0.1) is 29.1 Å². The minimum absolute atomic E-state index is 0.0123. The Kier molecular flexibility index (Phi) is 9.15. The van der Waals surface area contributed by atoms with Gasteiger partial charge in [-0.2, -0.15) is 0 Å². The number of amides is 1. The van der Waals surface area contributed by atoms with Crippen LogP contribution in [0.4, 0.5) is 5.69 Å². The average Bonchev–Trinajstić information content (AvgIpc) is 3.53. The highest BCUT2D eigenvalue weighted by Crippen LogP contribution is 2.39. The molecule has 0 radical (unpaired) electrons. The van der Waals surface area contributed by atoms with Crippen LogP contribution in [-0.4, -0.2) is 48.9 Å². The summed E-state index contributed by atoms with van der Waals surface area (Å²) in [7, 11) is 0. The molecule has 1 unspecified atom stereocenters. The van der Waals surface area contributed by atoms with Gasteiger partial charge in [-0.3, -0.25) is 4.79 Å². The Bertz CT molecular complexity index is 1060. The molecule has 1 saturated heterocycles. The number of ether oxygens (including phenoxy) is 2. The van der Waals surface area contributed by atoms with Crippen LogP contribution in [0.5, 0.6) is 0 Å². The molecule has 1 amide bonds. The first-order chi connectivity index (χ1) is 17.6. The summed E-state index contributed by atoms with van der Waals surface area (Å²) in [5, 5.41) is 10.1. The number of hydrogen-bond donors (Lipinski definition) is 1. The Labute approximate surface area is 225 Å². The standard InChI is InChI=1S/C30H41NO5S/c1-20-5-9-22(10-6-20)28(32)31(23-11-7-21(8-12-23)18-36-24-14-16-35-19-24)26-17-25(13-15-30(2,3)4)37-27(26)29(33)34/h5,17,21-24H,6-12,14,16,18-19H2,1-4H3,(H,33,34)/t21-,22-,23-,24?/m0/s1. The molecule has 7 heteroatoms. The second-order valence-corrected chi connectivity index (χ2v) is 12.9. The molecule has 37 heavy (non-hydrogen) atoms. The minimum Gasteiger partial charge on any atom is -0.477 e. The second kappa shape index (κ2) is 12.1. The van der Waals surface area contributed by atoms with Crippen molar-refractivity contribution in [1.82, 2.24) is 0 Å². The average molecular weight is 528 g/mol. The molecule has 1 aliphatic heterocycles. The number of carboxylic acid groups (broad SMARTS) is 1.